The molecule has 0 radical (unpaired) electrons. The van der Waals surface area contributed by atoms with Crippen molar-refractivity contribution in [3.8, 4) is 11.1 Å². The van der Waals surface area contributed by atoms with Crippen LogP contribution in [0, 0.1) is 20.8 Å². The molecule has 0 bridgehead atoms. The molecule has 138 valence electrons. The van der Waals surface area contributed by atoms with E-state index in [9.17, 15) is 0 Å². The summed E-state index contributed by atoms with van der Waals surface area (Å²) in [6.07, 6.45) is 0. The van der Waals surface area contributed by atoms with E-state index in [0.717, 1.165) is 0 Å². The third kappa shape index (κ3) is 2.15. The maximum absolute atomic E-state index is 2.32. The monoisotopic (exact) mass is 370 g/mol. The Hall–Kier alpha value is -3.38. The predicted octanol–water partition coefficient (Wildman–Crippen LogP) is 8.33. The summed E-state index contributed by atoms with van der Waals surface area (Å²) >= 11 is 0. The summed E-state index contributed by atoms with van der Waals surface area (Å²) in [6, 6.07) is 29.3. The largest absolute Gasteiger partial charge is 0.0610 e. The molecule has 0 nitrogen and oxygen atoms in total. The van der Waals surface area contributed by atoms with E-state index >= 15 is 0 Å². The molecule has 29 heavy (non-hydrogen) atoms. The van der Waals surface area contributed by atoms with Crippen LogP contribution in [0.3, 0.4) is 0 Å². The summed E-state index contributed by atoms with van der Waals surface area (Å²) < 4.78 is 0. The van der Waals surface area contributed by atoms with Crippen LogP contribution in [0.1, 0.15) is 16.7 Å². The summed E-state index contributed by atoms with van der Waals surface area (Å²) in [7, 11) is 0. The summed E-state index contributed by atoms with van der Waals surface area (Å²) in [5.41, 5.74) is 6.80. The van der Waals surface area contributed by atoms with Gasteiger partial charge in [-0.15, -0.1) is 0 Å². The van der Waals surface area contributed by atoms with Gasteiger partial charge < -0.3 is 0 Å². The topological polar surface area (TPSA) is 0 Å². The second-order valence-corrected chi connectivity index (χ2v) is 8.28. The quantitative estimate of drug-likeness (QED) is 0.201. The fourth-order valence-corrected chi connectivity index (χ4v) is 5.13. The van der Waals surface area contributed by atoms with Gasteiger partial charge in [0.25, 0.3) is 0 Å². The summed E-state index contributed by atoms with van der Waals surface area (Å²) in [6.45, 7) is 6.70. The number of aryl methyl sites for hydroxylation is 1. The Morgan fingerprint density at radius 2 is 1.00 bits per heavy atom. The lowest BCUT2D eigenvalue weighted by Crippen LogP contribution is -1.94. The molecule has 6 aromatic rings. The van der Waals surface area contributed by atoms with Gasteiger partial charge in [-0.2, -0.15) is 0 Å². The molecule has 0 atom stereocenters. The third-order valence-corrected chi connectivity index (χ3v) is 6.86. The van der Waals surface area contributed by atoms with E-state index in [0.29, 0.717) is 0 Å². The lowest BCUT2D eigenvalue weighted by molar-refractivity contribution is 1.27. The van der Waals surface area contributed by atoms with E-state index in [2.05, 4.69) is 99.6 Å². The van der Waals surface area contributed by atoms with Crippen molar-refractivity contribution in [2.75, 3.05) is 0 Å². The number of fused-ring (bicyclic) bond motifs is 2. The summed E-state index contributed by atoms with van der Waals surface area (Å²) in [5, 5.41) is 10.8. The Kier molecular flexibility index (Phi) is 3.32. The summed E-state index contributed by atoms with van der Waals surface area (Å²) in [5.74, 6) is 0. The molecule has 0 aliphatic carbocycles. The molecule has 0 saturated heterocycles. The van der Waals surface area contributed by atoms with Gasteiger partial charge in [-0.05, 0) is 91.7 Å². The van der Waals surface area contributed by atoms with Crippen LogP contribution in [0.15, 0.2) is 78.9 Å². The highest BCUT2D eigenvalue weighted by atomic mass is 14.2. The highest BCUT2D eigenvalue weighted by Gasteiger charge is 2.17. The van der Waals surface area contributed by atoms with Crippen LogP contribution in [0.5, 0.6) is 0 Å². The fourth-order valence-electron chi connectivity index (χ4n) is 5.13. The Bertz CT molecular complexity index is 1560. The number of hydrogen-bond donors (Lipinski definition) is 0. The molecular weight excluding hydrogens is 348 g/mol. The first-order valence-electron chi connectivity index (χ1n) is 10.3. The van der Waals surface area contributed by atoms with Gasteiger partial charge in [0.15, 0.2) is 0 Å². The van der Waals surface area contributed by atoms with Gasteiger partial charge in [0, 0.05) is 0 Å². The molecule has 0 unspecified atom stereocenters. The van der Waals surface area contributed by atoms with E-state index in [1.54, 1.807) is 0 Å². The van der Waals surface area contributed by atoms with Crippen molar-refractivity contribution >= 4 is 43.1 Å². The van der Waals surface area contributed by atoms with Crippen molar-refractivity contribution in [1.82, 2.24) is 0 Å². The van der Waals surface area contributed by atoms with Gasteiger partial charge in [-0.25, -0.2) is 0 Å². The SMILES string of the molecule is Cc1ccc(-c2ccc3cccc4c5cccc6cccc(c2c34)c65)c(C)c1C. The molecule has 0 fully saturated rings. The van der Waals surface area contributed by atoms with Crippen molar-refractivity contribution in [2.24, 2.45) is 0 Å². The molecule has 0 aliphatic heterocycles. The van der Waals surface area contributed by atoms with Crippen molar-refractivity contribution < 1.29 is 0 Å². The predicted molar refractivity (Wildman–Crippen MR) is 127 cm³/mol. The highest BCUT2D eigenvalue weighted by molar-refractivity contribution is 6.35. The first kappa shape index (κ1) is 16.6. The van der Waals surface area contributed by atoms with Crippen LogP contribution in [0.4, 0.5) is 0 Å². The molecule has 0 saturated carbocycles. The molecule has 6 rings (SSSR count). The van der Waals surface area contributed by atoms with Crippen LogP contribution in [0.25, 0.3) is 54.2 Å². The molecule has 0 heteroatoms. The van der Waals surface area contributed by atoms with Crippen LogP contribution in [-0.2, 0) is 0 Å². The van der Waals surface area contributed by atoms with Gasteiger partial charge in [0.2, 0.25) is 0 Å². The van der Waals surface area contributed by atoms with Crippen molar-refractivity contribution in [1.29, 1.82) is 0 Å². The molecular formula is C29H22. The van der Waals surface area contributed by atoms with E-state index in [1.807, 2.05) is 0 Å². The first-order chi connectivity index (χ1) is 14.1. The van der Waals surface area contributed by atoms with Gasteiger partial charge in [-0.1, -0.05) is 78.9 Å². The average Bonchev–Trinajstić information content (AvgIpc) is 2.76. The van der Waals surface area contributed by atoms with E-state index in [-0.39, 0.29) is 0 Å². The van der Waals surface area contributed by atoms with E-state index in [4.69, 9.17) is 0 Å². The Morgan fingerprint density at radius 3 is 1.72 bits per heavy atom. The van der Waals surface area contributed by atoms with Crippen LogP contribution in [0.2, 0.25) is 0 Å². The minimum Gasteiger partial charge on any atom is -0.0610 e. The molecule has 0 heterocycles. The van der Waals surface area contributed by atoms with Crippen molar-refractivity contribution in [3.63, 3.8) is 0 Å². The third-order valence-electron chi connectivity index (χ3n) is 6.86. The smallest absolute Gasteiger partial charge is 0.00140 e. The zero-order valence-corrected chi connectivity index (χ0v) is 17.0. The Morgan fingerprint density at radius 1 is 0.414 bits per heavy atom. The number of benzene rings is 6. The molecule has 6 aromatic carbocycles. The number of hydrogen-bond acceptors (Lipinski definition) is 0. The second kappa shape index (κ2) is 5.81. The van der Waals surface area contributed by atoms with Gasteiger partial charge in [0.05, 0.1) is 0 Å². The van der Waals surface area contributed by atoms with Crippen LogP contribution < -0.4 is 0 Å². The zero-order chi connectivity index (χ0) is 19.7. The molecule has 0 spiro atoms. The lowest BCUT2D eigenvalue weighted by atomic mass is 9.84. The van der Waals surface area contributed by atoms with E-state index < -0.39 is 0 Å². The molecule has 0 amide bonds. The van der Waals surface area contributed by atoms with Crippen molar-refractivity contribution in [3.05, 3.63) is 95.6 Å². The maximum Gasteiger partial charge on any atom is -0.00140 e. The maximum atomic E-state index is 2.32. The van der Waals surface area contributed by atoms with Crippen LogP contribution >= 0.6 is 0 Å². The minimum absolute atomic E-state index is 1.31. The average molecular weight is 370 g/mol. The van der Waals surface area contributed by atoms with Crippen LogP contribution in [-0.4, -0.2) is 0 Å². The Balaban J connectivity index is 1.93. The first-order valence-corrected chi connectivity index (χ1v) is 10.3. The van der Waals surface area contributed by atoms with Gasteiger partial charge in [0.1, 0.15) is 0 Å². The van der Waals surface area contributed by atoms with Gasteiger partial charge in [-0.3, -0.25) is 0 Å². The fraction of sp³-hybridized carbons (Fsp3) is 0.103. The van der Waals surface area contributed by atoms with Gasteiger partial charge >= 0.3 is 0 Å². The molecule has 0 aromatic heterocycles. The molecule has 0 N–H and O–H groups in total. The Labute approximate surface area is 170 Å². The van der Waals surface area contributed by atoms with E-state index in [1.165, 1.54) is 70.9 Å². The zero-order valence-electron chi connectivity index (χ0n) is 17.0. The second-order valence-electron chi connectivity index (χ2n) is 8.28. The lowest BCUT2D eigenvalue weighted by Gasteiger charge is -2.19. The normalized spacial score (nSPS) is 12.0. The minimum atomic E-state index is 1.31. The number of rotatable bonds is 1. The summed E-state index contributed by atoms with van der Waals surface area (Å²) in [4.78, 5) is 0. The van der Waals surface area contributed by atoms with Crippen molar-refractivity contribution in [2.45, 2.75) is 20.8 Å². The molecule has 0 aliphatic rings. The highest BCUT2D eigenvalue weighted by Crippen LogP contribution is 2.44. The standard InChI is InChI=1S/C29H22/c1-17-13-15-22(19(3)18(17)2)25-16-14-21-9-5-11-24-23-10-4-7-20-8-6-12-26(27(20)23)29(25)28(21)24/h4-16H,1-3H3.